The molecule has 0 bridgehead atoms. The van der Waals surface area contributed by atoms with Gasteiger partial charge in [-0.15, -0.1) is 0 Å². The molecule has 1 aliphatic heterocycles. The fourth-order valence-electron chi connectivity index (χ4n) is 2.62. The van der Waals surface area contributed by atoms with Crippen molar-refractivity contribution in [3.63, 3.8) is 0 Å². The largest absolute Gasteiger partial charge is 0.368 e. The van der Waals surface area contributed by atoms with Crippen LogP contribution in [0.1, 0.15) is 11.1 Å². The Hall–Kier alpha value is -1.76. The van der Waals surface area contributed by atoms with Gasteiger partial charge in [0, 0.05) is 54.3 Å². The summed E-state index contributed by atoms with van der Waals surface area (Å²) in [6.45, 7) is 5.55. The number of hydrogen-bond donors (Lipinski definition) is 2. The summed E-state index contributed by atoms with van der Waals surface area (Å²) < 4.78 is 13.9. The van der Waals surface area contributed by atoms with E-state index in [4.69, 9.17) is 11.6 Å². The molecule has 1 aliphatic rings. The number of piperazine rings is 1. The summed E-state index contributed by atoms with van der Waals surface area (Å²) in [5.41, 5.74) is 2.82. The van der Waals surface area contributed by atoms with E-state index in [0.717, 1.165) is 36.8 Å². The molecule has 0 unspecified atom stereocenters. The number of hydrogen-bond acceptors (Lipinski definition) is 5. The molecule has 132 valence electrons. The van der Waals surface area contributed by atoms with Crippen molar-refractivity contribution in [2.75, 3.05) is 31.1 Å². The lowest BCUT2D eigenvalue weighted by molar-refractivity contribution is 0.587. The summed E-state index contributed by atoms with van der Waals surface area (Å²) in [4.78, 5) is 6.19. The van der Waals surface area contributed by atoms with Gasteiger partial charge in [-0.1, -0.05) is 29.3 Å². The van der Waals surface area contributed by atoms with Crippen LogP contribution in [0, 0.1) is 12.7 Å². The molecule has 1 heterocycles. The zero-order chi connectivity index (χ0) is 17.6. The summed E-state index contributed by atoms with van der Waals surface area (Å²) in [5.74, 6) is -0.437. The van der Waals surface area contributed by atoms with Crippen LogP contribution in [0.5, 0.6) is 0 Å². The number of aryl methyl sites for hydroxylation is 1. The molecule has 2 aromatic carbocycles. The molecule has 0 saturated carbocycles. The molecule has 7 heteroatoms. The van der Waals surface area contributed by atoms with Crippen molar-refractivity contribution in [1.82, 2.24) is 10.1 Å². The van der Waals surface area contributed by atoms with Gasteiger partial charge in [0.15, 0.2) is 0 Å². The van der Waals surface area contributed by atoms with Gasteiger partial charge < -0.3 is 10.2 Å². The van der Waals surface area contributed by atoms with Gasteiger partial charge in [0.05, 0.1) is 11.2 Å². The SMILES string of the molecule is Cc1ccc(SN/N=C/c2cc(F)c(Cl)cc2N2CCNCC2)cc1. The maximum Gasteiger partial charge on any atom is 0.142 e. The van der Waals surface area contributed by atoms with Crippen molar-refractivity contribution in [3.05, 3.63) is 58.4 Å². The van der Waals surface area contributed by atoms with E-state index in [1.54, 1.807) is 12.3 Å². The maximum absolute atomic E-state index is 13.9. The van der Waals surface area contributed by atoms with E-state index in [0.29, 0.717) is 5.56 Å². The summed E-state index contributed by atoms with van der Waals surface area (Å²) in [5, 5.41) is 7.66. The molecular weight excluding hydrogens is 359 g/mol. The Morgan fingerprint density at radius 1 is 1.24 bits per heavy atom. The second-order valence-electron chi connectivity index (χ2n) is 5.83. The van der Waals surface area contributed by atoms with Gasteiger partial charge >= 0.3 is 0 Å². The molecule has 0 aliphatic carbocycles. The number of nitrogens with zero attached hydrogens (tertiary/aromatic N) is 2. The average Bonchev–Trinajstić information content (AvgIpc) is 2.63. The standard InChI is InChI=1S/C18H20ClFN4S/c1-13-2-4-15(5-3-13)25-23-22-12-14-10-17(20)16(19)11-18(14)24-8-6-21-7-9-24/h2-5,10-12,21,23H,6-9H2,1H3/b22-12+. The van der Waals surface area contributed by atoms with Crippen molar-refractivity contribution in [1.29, 1.82) is 0 Å². The molecule has 0 radical (unpaired) electrons. The first-order chi connectivity index (χ1) is 12.1. The Morgan fingerprint density at radius 3 is 2.68 bits per heavy atom. The smallest absolute Gasteiger partial charge is 0.142 e. The average molecular weight is 379 g/mol. The highest BCUT2D eigenvalue weighted by Crippen LogP contribution is 2.27. The molecule has 3 rings (SSSR count). The number of anilines is 1. The monoisotopic (exact) mass is 378 g/mol. The van der Waals surface area contributed by atoms with Crippen molar-refractivity contribution in [2.24, 2.45) is 5.10 Å². The first kappa shape index (κ1) is 18.0. The van der Waals surface area contributed by atoms with E-state index in [-0.39, 0.29) is 5.02 Å². The first-order valence-corrected chi connectivity index (χ1v) is 9.29. The third-order valence-corrected chi connectivity index (χ3v) is 4.96. The second-order valence-corrected chi connectivity index (χ2v) is 7.09. The summed E-state index contributed by atoms with van der Waals surface area (Å²) in [6, 6.07) is 11.3. The zero-order valence-electron chi connectivity index (χ0n) is 13.9. The Kier molecular flexibility index (Phi) is 6.18. The van der Waals surface area contributed by atoms with Crippen molar-refractivity contribution in [3.8, 4) is 0 Å². The molecule has 0 atom stereocenters. The third-order valence-electron chi connectivity index (χ3n) is 3.97. The molecule has 2 N–H and O–H groups in total. The lowest BCUT2D eigenvalue weighted by Crippen LogP contribution is -2.43. The molecule has 0 aromatic heterocycles. The van der Waals surface area contributed by atoms with E-state index in [1.165, 1.54) is 23.6 Å². The van der Waals surface area contributed by atoms with Gasteiger partial charge in [-0.3, -0.25) is 0 Å². The van der Waals surface area contributed by atoms with Crippen molar-refractivity contribution >= 4 is 35.5 Å². The topological polar surface area (TPSA) is 39.7 Å². The fourth-order valence-corrected chi connectivity index (χ4v) is 3.26. The number of hydrazone groups is 1. The third kappa shape index (κ3) is 4.87. The minimum atomic E-state index is -0.437. The minimum Gasteiger partial charge on any atom is -0.368 e. The first-order valence-electron chi connectivity index (χ1n) is 8.10. The lowest BCUT2D eigenvalue weighted by atomic mass is 10.1. The van der Waals surface area contributed by atoms with Crippen molar-refractivity contribution < 1.29 is 4.39 Å². The van der Waals surface area contributed by atoms with Crippen LogP contribution < -0.4 is 15.0 Å². The summed E-state index contributed by atoms with van der Waals surface area (Å²) >= 11 is 7.38. The van der Waals surface area contributed by atoms with Crippen LogP contribution in [0.3, 0.4) is 0 Å². The molecule has 25 heavy (non-hydrogen) atoms. The molecule has 0 amide bonds. The van der Waals surface area contributed by atoms with E-state index in [9.17, 15) is 4.39 Å². The predicted octanol–water partition coefficient (Wildman–Crippen LogP) is 3.83. The van der Waals surface area contributed by atoms with Gasteiger partial charge in [-0.05, 0) is 31.2 Å². The van der Waals surface area contributed by atoms with Crippen molar-refractivity contribution in [2.45, 2.75) is 11.8 Å². The quantitative estimate of drug-likeness (QED) is 0.471. The number of rotatable bonds is 5. The Morgan fingerprint density at radius 2 is 1.96 bits per heavy atom. The molecular formula is C18H20ClFN4S. The number of benzene rings is 2. The van der Waals surface area contributed by atoms with Crippen LogP contribution in [0.15, 0.2) is 46.4 Å². The summed E-state index contributed by atoms with van der Waals surface area (Å²) in [6.07, 6.45) is 1.64. The summed E-state index contributed by atoms with van der Waals surface area (Å²) in [7, 11) is 0. The Balaban J connectivity index is 1.71. The minimum absolute atomic E-state index is 0.132. The van der Waals surface area contributed by atoms with E-state index in [2.05, 4.69) is 20.1 Å². The second kappa shape index (κ2) is 8.56. The number of nitrogens with one attached hydrogen (secondary N) is 2. The van der Waals surface area contributed by atoms with Crippen LogP contribution in [0.4, 0.5) is 10.1 Å². The Labute approximate surface area is 156 Å². The van der Waals surface area contributed by atoms with Crippen LogP contribution in [-0.4, -0.2) is 32.4 Å². The fraction of sp³-hybridized carbons (Fsp3) is 0.278. The van der Waals surface area contributed by atoms with Crippen LogP contribution >= 0.6 is 23.5 Å². The van der Waals surface area contributed by atoms with Gasteiger partial charge in [0.2, 0.25) is 0 Å². The van der Waals surface area contributed by atoms with E-state index in [1.807, 2.05) is 31.2 Å². The highest BCUT2D eigenvalue weighted by Gasteiger charge is 2.16. The van der Waals surface area contributed by atoms with Crippen LogP contribution in [0.2, 0.25) is 5.02 Å². The highest BCUT2D eigenvalue weighted by atomic mass is 35.5. The lowest BCUT2D eigenvalue weighted by Gasteiger charge is -2.30. The zero-order valence-corrected chi connectivity index (χ0v) is 15.5. The molecule has 2 aromatic rings. The Bertz CT molecular complexity index is 745. The normalized spacial score (nSPS) is 14.9. The van der Waals surface area contributed by atoms with E-state index < -0.39 is 5.82 Å². The molecule has 4 nitrogen and oxygen atoms in total. The molecule has 1 fully saturated rings. The molecule has 1 saturated heterocycles. The van der Waals surface area contributed by atoms with Gasteiger partial charge in [0.25, 0.3) is 0 Å². The van der Waals surface area contributed by atoms with Crippen LogP contribution in [-0.2, 0) is 0 Å². The maximum atomic E-state index is 13.9. The van der Waals surface area contributed by atoms with Gasteiger partial charge in [-0.25, -0.2) is 9.22 Å². The molecule has 0 spiro atoms. The van der Waals surface area contributed by atoms with Gasteiger partial charge in [0.1, 0.15) is 5.82 Å². The van der Waals surface area contributed by atoms with E-state index >= 15 is 0 Å². The van der Waals surface area contributed by atoms with Gasteiger partial charge in [-0.2, -0.15) is 5.10 Å². The predicted molar refractivity (Wildman–Crippen MR) is 104 cm³/mol. The highest BCUT2D eigenvalue weighted by molar-refractivity contribution is 7.97. The number of halogens is 2. The van der Waals surface area contributed by atoms with Crippen LogP contribution in [0.25, 0.3) is 0 Å².